The monoisotopic (exact) mass is 358 g/mol. The first-order chi connectivity index (χ1) is 11.4. The molecule has 24 heavy (non-hydrogen) atoms. The Hall–Kier alpha value is -1.52. The molecule has 0 fully saturated rings. The van der Waals surface area contributed by atoms with E-state index in [0.717, 1.165) is 11.4 Å². The zero-order valence-electron chi connectivity index (χ0n) is 15.0. The van der Waals surface area contributed by atoms with Gasteiger partial charge in [-0.15, -0.1) is 11.8 Å². The average Bonchev–Trinajstić information content (AvgIpc) is 2.54. The Bertz CT molecular complexity index is 682. The minimum Gasteiger partial charge on any atom is -0.332 e. The molecule has 0 aromatic heterocycles. The molecule has 0 saturated heterocycles. The zero-order valence-corrected chi connectivity index (χ0v) is 16.6. The van der Waals surface area contributed by atoms with Gasteiger partial charge in [0.25, 0.3) is 0 Å². The summed E-state index contributed by atoms with van der Waals surface area (Å²) < 4.78 is 0. The standard InChI is InChI=1S/C20H26N2S2/c1-13(2)17-10-7-11-18(14(3)4)19(17)22-20(23)21-15-8-6-9-16(12-15)24-5/h6-14H,1-5H3,(H2,21,22,23). The second kappa shape index (κ2) is 8.54. The highest BCUT2D eigenvalue weighted by Gasteiger charge is 2.14. The number of rotatable bonds is 5. The normalized spacial score (nSPS) is 11.0. The van der Waals surface area contributed by atoms with Crippen LogP contribution in [0.4, 0.5) is 11.4 Å². The summed E-state index contributed by atoms with van der Waals surface area (Å²) in [6, 6.07) is 14.8. The second-order valence-corrected chi connectivity index (χ2v) is 7.72. The van der Waals surface area contributed by atoms with Gasteiger partial charge in [0.1, 0.15) is 0 Å². The van der Waals surface area contributed by atoms with Crippen molar-refractivity contribution in [3.05, 3.63) is 53.6 Å². The molecule has 2 rings (SSSR count). The van der Waals surface area contributed by atoms with Gasteiger partial charge in [-0.1, -0.05) is 52.0 Å². The van der Waals surface area contributed by atoms with Crippen molar-refractivity contribution < 1.29 is 0 Å². The number of thioether (sulfide) groups is 1. The molecule has 2 N–H and O–H groups in total. The van der Waals surface area contributed by atoms with E-state index in [0.29, 0.717) is 16.9 Å². The first-order valence-corrected chi connectivity index (χ1v) is 9.90. The van der Waals surface area contributed by atoms with E-state index < -0.39 is 0 Å². The molecule has 0 aliphatic rings. The smallest absolute Gasteiger partial charge is 0.175 e. The van der Waals surface area contributed by atoms with Gasteiger partial charge in [0.05, 0.1) is 0 Å². The SMILES string of the molecule is CSc1cccc(NC(=S)Nc2c(C(C)C)cccc2C(C)C)c1. The minimum absolute atomic E-state index is 0.439. The first-order valence-electron chi connectivity index (χ1n) is 8.27. The van der Waals surface area contributed by atoms with E-state index in [1.165, 1.54) is 16.0 Å². The maximum absolute atomic E-state index is 5.56. The van der Waals surface area contributed by atoms with Crippen molar-refractivity contribution in [2.45, 2.75) is 44.4 Å². The Morgan fingerprint density at radius 2 is 1.50 bits per heavy atom. The molecule has 0 bridgehead atoms. The van der Waals surface area contributed by atoms with Crippen LogP contribution in [-0.2, 0) is 0 Å². The van der Waals surface area contributed by atoms with Gasteiger partial charge in [0.15, 0.2) is 5.11 Å². The summed E-state index contributed by atoms with van der Waals surface area (Å²) >= 11 is 7.28. The molecule has 4 heteroatoms. The number of nitrogens with one attached hydrogen (secondary N) is 2. The van der Waals surface area contributed by atoms with Crippen LogP contribution in [-0.4, -0.2) is 11.4 Å². The number of benzene rings is 2. The Balaban J connectivity index is 2.24. The summed E-state index contributed by atoms with van der Waals surface area (Å²) in [5.41, 5.74) is 4.74. The van der Waals surface area contributed by atoms with Crippen LogP contribution >= 0.6 is 24.0 Å². The van der Waals surface area contributed by atoms with Crippen molar-refractivity contribution in [1.82, 2.24) is 0 Å². The fourth-order valence-corrected chi connectivity index (χ4v) is 3.35. The molecule has 0 unspecified atom stereocenters. The molecule has 0 atom stereocenters. The summed E-state index contributed by atoms with van der Waals surface area (Å²) in [4.78, 5) is 1.22. The van der Waals surface area contributed by atoms with Crippen LogP contribution in [0.25, 0.3) is 0 Å². The minimum atomic E-state index is 0.439. The van der Waals surface area contributed by atoms with Crippen LogP contribution in [0.2, 0.25) is 0 Å². The highest BCUT2D eigenvalue weighted by Crippen LogP contribution is 2.32. The van der Waals surface area contributed by atoms with Gasteiger partial charge in [-0.05, 0) is 59.6 Å². The van der Waals surface area contributed by atoms with Crippen molar-refractivity contribution in [3.63, 3.8) is 0 Å². The Morgan fingerprint density at radius 3 is 2.04 bits per heavy atom. The summed E-state index contributed by atoms with van der Waals surface area (Å²) in [7, 11) is 0. The molecule has 0 radical (unpaired) electrons. The molecular formula is C20H26N2S2. The number of hydrogen-bond donors (Lipinski definition) is 2. The highest BCUT2D eigenvalue weighted by atomic mass is 32.2. The second-order valence-electron chi connectivity index (χ2n) is 6.43. The fourth-order valence-electron chi connectivity index (χ4n) is 2.67. The quantitative estimate of drug-likeness (QED) is 0.473. The van der Waals surface area contributed by atoms with Crippen molar-refractivity contribution in [2.75, 3.05) is 16.9 Å². The van der Waals surface area contributed by atoms with E-state index >= 15 is 0 Å². The topological polar surface area (TPSA) is 24.1 Å². The summed E-state index contributed by atoms with van der Waals surface area (Å²) in [5, 5.41) is 7.37. The third-order valence-electron chi connectivity index (χ3n) is 3.94. The van der Waals surface area contributed by atoms with Crippen molar-refractivity contribution in [3.8, 4) is 0 Å². The zero-order chi connectivity index (χ0) is 17.7. The molecule has 0 heterocycles. The van der Waals surface area contributed by atoms with Crippen molar-refractivity contribution in [2.24, 2.45) is 0 Å². The third kappa shape index (κ3) is 4.74. The van der Waals surface area contributed by atoms with E-state index in [4.69, 9.17) is 12.2 Å². The predicted octanol–water partition coefficient (Wildman–Crippen LogP) is 6.46. The van der Waals surface area contributed by atoms with Gasteiger partial charge >= 0.3 is 0 Å². The van der Waals surface area contributed by atoms with Gasteiger partial charge in [-0.2, -0.15) is 0 Å². The maximum atomic E-state index is 5.56. The largest absolute Gasteiger partial charge is 0.332 e. The number of thiocarbonyl (C=S) groups is 1. The van der Waals surface area contributed by atoms with E-state index in [9.17, 15) is 0 Å². The van der Waals surface area contributed by atoms with Crippen LogP contribution in [0.5, 0.6) is 0 Å². The van der Waals surface area contributed by atoms with Crippen molar-refractivity contribution >= 4 is 40.5 Å². The van der Waals surface area contributed by atoms with Crippen LogP contribution < -0.4 is 10.6 Å². The molecule has 0 amide bonds. The molecular weight excluding hydrogens is 332 g/mol. The van der Waals surface area contributed by atoms with Gasteiger partial charge in [-0.3, -0.25) is 0 Å². The molecule has 2 aromatic carbocycles. The lowest BCUT2D eigenvalue weighted by molar-refractivity contribution is 0.839. The van der Waals surface area contributed by atoms with Gasteiger partial charge in [-0.25, -0.2) is 0 Å². The molecule has 0 spiro atoms. The molecule has 2 nitrogen and oxygen atoms in total. The van der Waals surface area contributed by atoms with Crippen LogP contribution in [0.3, 0.4) is 0 Å². The lowest BCUT2D eigenvalue weighted by Gasteiger charge is -2.21. The molecule has 2 aromatic rings. The van der Waals surface area contributed by atoms with E-state index in [1.807, 2.05) is 12.1 Å². The molecule has 0 saturated carbocycles. The van der Waals surface area contributed by atoms with Crippen LogP contribution in [0.15, 0.2) is 47.4 Å². The average molecular weight is 359 g/mol. The van der Waals surface area contributed by atoms with E-state index in [1.54, 1.807) is 11.8 Å². The number of anilines is 2. The third-order valence-corrected chi connectivity index (χ3v) is 4.87. The Morgan fingerprint density at radius 1 is 0.917 bits per heavy atom. The van der Waals surface area contributed by atoms with Crippen LogP contribution in [0.1, 0.15) is 50.7 Å². The highest BCUT2D eigenvalue weighted by molar-refractivity contribution is 7.98. The van der Waals surface area contributed by atoms with Gasteiger partial charge in [0, 0.05) is 16.3 Å². The number of para-hydroxylation sites is 1. The Kier molecular flexibility index (Phi) is 6.69. The fraction of sp³-hybridized carbons (Fsp3) is 0.350. The molecule has 0 aliphatic heterocycles. The predicted molar refractivity (Wildman–Crippen MR) is 113 cm³/mol. The van der Waals surface area contributed by atoms with E-state index in [-0.39, 0.29) is 0 Å². The summed E-state index contributed by atoms with van der Waals surface area (Å²) in [5.74, 6) is 0.877. The lowest BCUT2D eigenvalue weighted by atomic mass is 9.93. The maximum Gasteiger partial charge on any atom is 0.175 e. The van der Waals surface area contributed by atoms with Gasteiger partial charge in [0.2, 0.25) is 0 Å². The van der Waals surface area contributed by atoms with Crippen molar-refractivity contribution in [1.29, 1.82) is 0 Å². The molecule has 128 valence electrons. The molecule has 0 aliphatic carbocycles. The first kappa shape index (κ1) is 18.8. The van der Waals surface area contributed by atoms with Crippen LogP contribution in [0, 0.1) is 0 Å². The summed E-state index contributed by atoms with van der Waals surface area (Å²) in [6.07, 6.45) is 2.07. The Labute approximate surface area is 155 Å². The summed E-state index contributed by atoms with van der Waals surface area (Å²) in [6.45, 7) is 8.85. The lowest BCUT2D eigenvalue weighted by Crippen LogP contribution is -2.21. The number of hydrogen-bond acceptors (Lipinski definition) is 2. The van der Waals surface area contributed by atoms with Gasteiger partial charge < -0.3 is 10.6 Å². The van der Waals surface area contributed by atoms with E-state index in [2.05, 4.69) is 74.9 Å².